The molecular formula is C25H25N5O3. The van der Waals surface area contributed by atoms with Crippen LogP contribution in [0.1, 0.15) is 12.0 Å². The minimum atomic E-state index is -0.0670. The molecule has 3 aromatic rings. The van der Waals surface area contributed by atoms with Gasteiger partial charge in [0.15, 0.2) is 0 Å². The summed E-state index contributed by atoms with van der Waals surface area (Å²) in [5, 5.41) is 12.9. The highest BCUT2D eigenvalue weighted by Gasteiger charge is 2.22. The van der Waals surface area contributed by atoms with E-state index in [1.807, 2.05) is 30.3 Å². The van der Waals surface area contributed by atoms with Crippen LogP contribution in [0, 0.1) is 11.3 Å². The first kappa shape index (κ1) is 21.2. The van der Waals surface area contributed by atoms with Gasteiger partial charge in [0.05, 0.1) is 37.7 Å². The molecular weight excluding hydrogens is 418 g/mol. The van der Waals surface area contributed by atoms with E-state index in [2.05, 4.69) is 33.4 Å². The molecule has 1 N–H and O–H groups in total. The van der Waals surface area contributed by atoms with Crippen LogP contribution in [0.15, 0.2) is 54.7 Å². The lowest BCUT2D eigenvalue weighted by molar-refractivity contribution is 0.122. The number of anilines is 3. The number of rotatable bonds is 6. The summed E-state index contributed by atoms with van der Waals surface area (Å²) in [6, 6.07) is 17.8. The van der Waals surface area contributed by atoms with Crippen molar-refractivity contribution in [3.63, 3.8) is 0 Å². The minimum Gasteiger partial charge on any atom is -0.486 e. The summed E-state index contributed by atoms with van der Waals surface area (Å²) in [6.07, 6.45) is 2.44. The molecule has 0 radical (unpaired) electrons. The molecule has 0 spiro atoms. The fourth-order valence-corrected chi connectivity index (χ4v) is 4.00. The number of ether oxygens (including phenoxy) is 3. The molecule has 1 unspecified atom stereocenters. The highest BCUT2D eigenvalue weighted by Crippen LogP contribution is 2.34. The van der Waals surface area contributed by atoms with Gasteiger partial charge in [-0.3, -0.25) is 0 Å². The van der Waals surface area contributed by atoms with E-state index in [1.54, 1.807) is 12.3 Å². The molecule has 0 saturated carbocycles. The summed E-state index contributed by atoms with van der Waals surface area (Å²) in [5.41, 5.74) is 3.99. The van der Waals surface area contributed by atoms with Gasteiger partial charge in [0.1, 0.15) is 17.9 Å². The molecule has 1 aromatic heterocycles. The Hall–Kier alpha value is -3.67. The summed E-state index contributed by atoms with van der Waals surface area (Å²) in [5.74, 6) is 1.01. The van der Waals surface area contributed by atoms with Gasteiger partial charge >= 0.3 is 0 Å². The molecule has 1 atom stereocenters. The molecule has 8 heteroatoms. The summed E-state index contributed by atoms with van der Waals surface area (Å²) in [7, 11) is 0. The number of morpholine rings is 1. The topological polar surface area (TPSA) is 92.5 Å². The third-order valence-corrected chi connectivity index (χ3v) is 5.74. The standard InChI is InChI=1S/C25H25N5O3/c26-16-18-2-1-3-22(24(18)33-21-9-13-32-17-21)23-8-10-27-25(29-23)28-19-4-6-20(7-5-19)30-11-14-31-15-12-30/h1-8,10,21H,9,11-15,17H2,(H,27,28,29). The lowest BCUT2D eigenvalue weighted by Gasteiger charge is -2.28. The fourth-order valence-electron chi connectivity index (χ4n) is 4.00. The summed E-state index contributed by atoms with van der Waals surface area (Å²) in [4.78, 5) is 11.4. The van der Waals surface area contributed by atoms with Crippen molar-refractivity contribution in [2.45, 2.75) is 12.5 Å². The number of nitrogens with one attached hydrogen (secondary N) is 1. The fraction of sp³-hybridized carbons (Fsp3) is 0.320. The summed E-state index contributed by atoms with van der Waals surface area (Å²) >= 11 is 0. The highest BCUT2D eigenvalue weighted by atomic mass is 16.5. The van der Waals surface area contributed by atoms with E-state index in [1.165, 1.54) is 5.69 Å². The van der Waals surface area contributed by atoms with Crippen molar-refractivity contribution in [3.05, 3.63) is 60.3 Å². The number of benzene rings is 2. The largest absolute Gasteiger partial charge is 0.486 e. The maximum absolute atomic E-state index is 9.61. The van der Waals surface area contributed by atoms with Gasteiger partial charge in [-0.05, 0) is 42.5 Å². The van der Waals surface area contributed by atoms with E-state index in [0.29, 0.717) is 36.2 Å². The van der Waals surface area contributed by atoms with Gasteiger partial charge in [-0.25, -0.2) is 9.97 Å². The van der Waals surface area contributed by atoms with Crippen molar-refractivity contribution in [1.82, 2.24) is 9.97 Å². The van der Waals surface area contributed by atoms with Crippen LogP contribution in [-0.2, 0) is 9.47 Å². The van der Waals surface area contributed by atoms with Crippen molar-refractivity contribution in [1.29, 1.82) is 5.26 Å². The normalized spacial score (nSPS) is 18.0. The van der Waals surface area contributed by atoms with E-state index >= 15 is 0 Å². The lowest BCUT2D eigenvalue weighted by Crippen LogP contribution is -2.36. The predicted octanol–water partition coefficient (Wildman–Crippen LogP) is 3.76. The number of para-hydroxylation sites is 1. The minimum absolute atomic E-state index is 0.0670. The molecule has 2 aliphatic rings. The van der Waals surface area contributed by atoms with Gasteiger partial charge in [-0.15, -0.1) is 0 Å². The average Bonchev–Trinajstić information content (AvgIpc) is 3.39. The Morgan fingerprint density at radius 1 is 1.03 bits per heavy atom. The Morgan fingerprint density at radius 3 is 2.64 bits per heavy atom. The van der Waals surface area contributed by atoms with Crippen LogP contribution >= 0.6 is 0 Å². The van der Waals surface area contributed by atoms with Crippen molar-refractivity contribution < 1.29 is 14.2 Å². The van der Waals surface area contributed by atoms with Gasteiger partial charge in [-0.1, -0.05) is 6.07 Å². The second-order valence-electron chi connectivity index (χ2n) is 7.93. The number of hydrogen-bond donors (Lipinski definition) is 1. The molecule has 168 valence electrons. The van der Waals surface area contributed by atoms with Gasteiger partial charge in [0.25, 0.3) is 0 Å². The first-order chi connectivity index (χ1) is 16.3. The maximum atomic E-state index is 9.61. The average molecular weight is 444 g/mol. The Bertz CT molecular complexity index is 1130. The van der Waals surface area contributed by atoms with Gasteiger partial charge < -0.3 is 24.4 Å². The molecule has 8 nitrogen and oxygen atoms in total. The van der Waals surface area contributed by atoms with Crippen LogP contribution in [0.4, 0.5) is 17.3 Å². The SMILES string of the molecule is N#Cc1cccc(-c2ccnc(Nc3ccc(N4CCOCC4)cc3)n2)c1OC1CCOC1. The Morgan fingerprint density at radius 2 is 1.88 bits per heavy atom. The second-order valence-corrected chi connectivity index (χ2v) is 7.93. The van der Waals surface area contributed by atoms with Crippen LogP contribution in [0.3, 0.4) is 0 Å². The zero-order chi connectivity index (χ0) is 22.5. The third kappa shape index (κ3) is 4.90. The summed E-state index contributed by atoms with van der Waals surface area (Å²) < 4.78 is 17.0. The zero-order valence-electron chi connectivity index (χ0n) is 18.2. The van der Waals surface area contributed by atoms with Crippen molar-refractivity contribution in [2.75, 3.05) is 49.7 Å². The molecule has 2 aliphatic heterocycles. The second kappa shape index (κ2) is 9.86. The van der Waals surface area contributed by atoms with Crippen LogP contribution in [0.2, 0.25) is 0 Å². The molecule has 2 aromatic carbocycles. The first-order valence-corrected chi connectivity index (χ1v) is 11.1. The van der Waals surface area contributed by atoms with Gasteiger partial charge in [0.2, 0.25) is 5.95 Å². The predicted molar refractivity (Wildman–Crippen MR) is 125 cm³/mol. The Balaban J connectivity index is 1.37. The number of nitriles is 1. The molecule has 3 heterocycles. The van der Waals surface area contributed by atoms with Crippen LogP contribution < -0.4 is 15.0 Å². The maximum Gasteiger partial charge on any atom is 0.227 e. The zero-order valence-corrected chi connectivity index (χ0v) is 18.2. The van der Waals surface area contributed by atoms with E-state index in [-0.39, 0.29) is 6.10 Å². The molecule has 2 saturated heterocycles. The highest BCUT2D eigenvalue weighted by molar-refractivity contribution is 5.72. The van der Waals surface area contributed by atoms with Gasteiger partial charge in [-0.2, -0.15) is 5.26 Å². The third-order valence-electron chi connectivity index (χ3n) is 5.74. The molecule has 0 bridgehead atoms. The van der Waals surface area contributed by atoms with Gasteiger partial charge in [0, 0.05) is 42.6 Å². The summed E-state index contributed by atoms with van der Waals surface area (Å²) in [6.45, 7) is 4.51. The molecule has 0 amide bonds. The molecule has 2 fully saturated rings. The molecule has 5 rings (SSSR count). The van der Waals surface area contributed by atoms with Crippen molar-refractivity contribution in [2.24, 2.45) is 0 Å². The van der Waals surface area contributed by atoms with Crippen molar-refractivity contribution >= 4 is 17.3 Å². The quantitative estimate of drug-likeness (QED) is 0.616. The Labute approximate surface area is 192 Å². The number of aromatic nitrogens is 2. The van der Waals surface area contributed by atoms with Crippen molar-refractivity contribution in [3.8, 4) is 23.1 Å². The van der Waals surface area contributed by atoms with E-state index < -0.39 is 0 Å². The number of hydrogen-bond acceptors (Lipinski definition) is 8. The van der Waals surface area contributed by atoms with E-state index in [0.717, 1.165) is 44.0 Å². The lowest BCUT2D eigenvalue weighted by atomic mass is 10.1. The smallest absolute Gasteiger partial charge is 0.227 e. The van der Waals surface area contributed by atoms with Crippen LogP contribution in [-0.4, -0.2) is 55.6 Å². The first-order valence-electron chi connectivity index (χ1n) is 11.1. The monoisotopic (exact) mass is 443 g/mol. The molecule has 0 aliphatic carbocycles. The van der Waals surface area contributed by atoms with E-state index in [9.17, 15) is 5.26 Å². The Kier molecular flexibility index (Phi) is 6.33. The molecule has 33 heavy (non-hydrogen) atoms. The number of nitrogens with zero attached hydrogens (tertiary/aromatic N) is 4. The van der Waals surface area contributed by atoms with E-state index in [4.69, 9.17) is 19.2 Å². The van der Waals surface area contributed by atoms with Crippen LogP contribution in [0.25, 0.3) is 11.3 Å². The van der Waals surface area contributed by atoms with Crippen LogP contribution in [0.5, 0.6) is 5.75 Å².